The van der Waals surface area contributed by atoms with Gasteiger partial charge in [0.15, 0.2) is 0 Å². The fourth-order valence-electron chi connectivity index (χ4n) is 3.12. The summed E-state index contributed by atoms with van der Waals surface area (Å²) in [5, 5.41) is 9.71. The van der Waals surface area contributed by atoms with Gasteiger partial charge >= 0.3 is 0 Å². The first-order valence-electron chi connectivity index (χ1n) is 8.19. The number of rotatable bonds is 6. The normalized spacial score (nSPS) is 19.2. The van der Waals surface area contributed by atoms with Crippen LogP contribution in [0.4, 0.5) is 0 Å². The van der Waals surface area contributed by atoms with Gasteiger partial charge in [-0.15, -0.1) is 11.3 Å². The maximum Gasteiger partial charge on any atom is 0.237 e. The topological polar surface area (TPSA) is 50.2 Å². The Kier molecular flexibility index (Phi) is 5.13. The van der Waals surface area contributed by atoms with Gasteiger partial charge in [-0.3, -0.25) is 9.48 Å². The summed E-state index contributed by atoms with van der Waals surface area (Å²) in [5.74, 6) is 0.199. The molecule has 3 heterocycles. The molecule has 0 bridgehead atoms. The number of hydrogen-bond acceptors (Lipinski definition) is 4. The lowest BCUT2D eigenvalue weighted by Crippen LogP contribution is -2.41. The molecule has 2 aromatic heterocycles. The van der Waals surface area contributed by atoms with Gasteiger partial charge in [0.05, 0.1) is 25.3 Å². The zero-order valence-electron chi connectivity index (χ0n) is 13.7. The molecule has 0 unspecified atom stereocenters. The molecule has 0 saturated carbocycles. The molecule has 1 N–H and O–H groups in total. The number of carbonyl (C=O) groups excluding carboxylic acids is 1. The molecule has 0 aliphatic carbocycles. The maximum absolute atomic E-state index is 12.6. The van der Waals surface area contributed by atoms with Gasteiger partial charge in [-0.05, 0) is 43.7 Å². The van der Waals surface area contributed by atoms with Crippen LogP contribution in [-0.4, -0.2) is 39.7 Å². The number of carbonyl (C=O) groups is 1. The number of nitrogens with one attached hydrogen (secondary N) is 1. The van der Waals surface area contributed by atoms with Crippen molar-refractivity contribution in [3.05, 3.63) is 40.3 Å². The van der Waals surface area contributed by atoms with Gasteiger partial charge in [0.25, 0.3) is 0 Å². The molecular weight excluding hydrogens is 308 g/mol. The van der Waals surface area contributed by atoms with Crippen molar-refractivity contribution in [3.8, 4) is 0 Å². The molecule has 1 aliphatic rings. The lowest BCUT2D eigenvalue weighted by atomic mass is 10.2. The SMILES string of the molecule is Cc1cnn(C[C@@H](C)NCC(=O)N2CCC[C@H]2c2cccs2)c1. The number of hydrogen-bond donors (Lipinski definition) is 1. The highest BCUT2D eigenvalue weighted by Crippen LogP contribution is 2.34. The molecule has 124 valence electrons. The van der Waals surface area contributed by atoms with E-state index in [2.05, 4.69) is 34.9 Å². The van der Waals surface area contributed by atoms with E-state index in [4.69, 9.17) is 0 Å². The fraction of sp³-hybridized carbons (Fsp3) is 0.529. The standard InChI is InChI=1S/C17H24N4OS/c1-13-9-19-20(11-13)12-14(2)18-10-17(22)21-7-3-5-15(21)16-6-4-8-23-16/h4,6,8-9,11,14-15,18H,3,5,7,10,12H2,1-2H3/t14-,15+/m1/s1. The smallest absolute Gasteiger partial charge is 0.237 e. The van der Waals surface area contributed by atoms with Crippen LogP contribution >= 0.6 is 11.3 Å². The molecule has 2 atom stereocenters. The summed E-state index contributed by atoms with van der Waals surface area (Å²) >= 11 is 1.74. The van der Waals surface area contributed by atoms with Crippen molar-refractivity contribution in [1.82, 2.24) is 20.0 Å². The molecule has 0 radical (unpaired) electrons. The Morgan fingerprint density at radius 3 is 3.13 bits per heavy atom. The number of thiophene rings is 1. The van der Waals surface area contributed by atoms with Crippen molar-refractivity contribution >= 4 is 17.2 Å². The van der Waals surface area contributed by atoms with E-state index >= 15 is 0 Å². The number of likely N-dealkylation sites (tertiary alicyclic amines) is 1. The molecule has 1 aliphatic heterocycles. The quantitative estimate of drug-likeness (QED) is 0.884. The predicted molar refractivity (Wildman–Crippen MR) is 92.4 cm³/mol. The van der Waals surface area contributed by atoms with E-state index < -0.39 is 0 Å². The first kappa shape index (κ1) is 16.2. The summed E-state index contributed by atoms with van der Waals surface area (Å²) in [4.78, 5) is 15.9. The Hall–Kier alpha value is -1.66. The van der Waals surface area contributed by atoms with Crippen molar-refractivity contribution in [2.75, 3.05) is 13.1 Å². The van der Waals surface area contributed by atoms with Crippen LogP contribution in [0, 0.1) is 6.92 Å². The van der Waals surface area contributed by atoms with E-state index in [9.17, 15) is 4.79 Å². The Bertz CT molecular complexity index is 637. The number of aryl methyl sites for hydroxylation is 1. The van der Waals surface area contributed by atoms with Crippen LogP contribution in [0.2, 0.25) is 0 Å². The predicted octanol–water partition coefficient (Wildman–Crippen LogP) is 2.59. The van der Waals surface area contributed by atoms with Crippen molar-refractivity contribution in [3.63, 3.8) is 0 Å². The van der Waals surface area contributed by atoms with Crippen LogP contribution in [0.5, 0.6) is 0 Å². The van der Waals surface area contributed by atoms with E-state index in [-0.39, 0.29) is 18.0 Å². The van der Waals surface area contributed by atoms with E-state index in [1.54, 1.807) is 11.3 Å². The first-order valence-corrected chi connectivity index (χ1v) is 9.07. The molecular formula is C17H24N4OS. The van der Waals surface area contributed by atoms with Crippen molar-refractivity contribution in [2.24, 2.45) is 0 Å². The summed E-state index contributed by atoms with van der Waals surface area (Å²) in [7, 11) is 0. The first-order chi connectivity index (χ1) is 11.1. The third-order valence-corrected chi connectivity index (χ3v) is 5.24. The fourth-order valence-corrected chi connectivity index (χ4v) is 3.99. The molecule has 1 amide bonds. The summed E-state index contributed by atoms with van der Waals surface area (Å²) in [6, 6.07) is 4.68. The van der Waals surface area contributed by atoms with Gasteiger partial charge < -0.3 is 10.2 Å². The molecule has 6 heteroatoms. The van der Waals surface area contributed by atoms with Crippen LogP contribution in [-0.2, 0) is 11.3 Å². The Labute approximate surface area is 141 Å². The van der Waals surface area contributed by atoms with Gasteiger partial charge in [-0.2, -0.15) is 5.10 Å². The third-order valence-electron chi connectivity index (χ3n) is 4.27. The molecule has 1 fully saturated rings. The van der Waals surface area contributed by atoms with Gasteiger partial charge in [0.1, 0.15) is 0 Å². The van der Waals surface area contributed by atoms with E-state index in [0.29, 0.717) is 6.54 Å². The van der Waals surface area contributed by atoms with E-state index in [1.807, 2.05) is 28.9 Å². The minimum absolute atomic E-state index is 0.199. The summed E-state index contributed by atoms with van der Waals surface area (Å²) in [6.45, 7) is 6.16. The summed E-state index contributed by atoms with van der Waals surface area (Å²) < 4.78 is 1.92. The van der Waals surface area contributed by atoms with Gasteiger partial charge in [-0.25, -0.2) is 0 Å². The number of aromatic nitrogens is 2. The molecule has 2 aromatic rings. The van der Waals surface area contributed by atoms with E-state index in [1.165, 1.54) is 4.88 Å². The van der Waals surface area contributed by atoms with E-state index in [0.717, 1.165) is 31.5 Å². The molecule has 0 spiro atoms. The number of amides is 1. The lowest BCUT2D eigenvalue weighted by Gasteiger charge is -2.25. The molecule has 3 rings (SSSR count). The minimum atomic E-state index is 0.199. The maximum atomic E-state index is 12.6. The van der Waals surface area contributed by atoms with Crippen LogP contribution in [0.15, 0.2) is 29.9 Å². The van der Waals surface area contributed by atoms with Crippen LogP contribution in [0.1, 0.15) is 36.2 Å². The lowest BCUT2D eigenvalue weighted by molar-refractivity contribution is -0.131. The van der Waals surface area contributed by atoms with Gasteiger partial charge in [0, 0.05) is 23.7 Å². The van der Waals surface area contributed by atoms with Gasteiger partial charge in [0.2, 0.25) is 5.91 Å². The largest absolute Gasteiger partial charge is 0.334 e. The highest BCUT2D eigenvalue weighted by molar-refractivity contribution is 7.10. The summed E-state index contributed by atoms with van der Waals surface area (Å²) in [6.07, 6.45) is 6.05. The van der Waals surface area contributed by atoms with Crippen molar-refractivity contribution < 1.29 is 4.79 Å². The Morgan fingerprint density at radius 2 is 2.43 bits per heavy atom. The second kappa shape index (κ2) is 7.27. The van der Waals surface area contributed by atoms with Gasteiger partial charge in [-0.1, -0.05) is 6.07 Å². The van der Waals surface area contributed by atoms with Crippen LogP contribution in [0.3, 0.4) is 0 Å². The van der Waals surface area contributed by atoms with Crippen molar-refractivity contribution in [1.29, 1.82) is 0 Å². The zero-order valence-corrected chi connectivity index (χ0v) is 14.6. The zero-order chi connectivity index (χ0) is 16.2. The van der Waals surface area contributed by atoms with Crippen molar-refractivity contribution in [2.45, 2.75) is 45.3 Å². The molecule has 23 heavy (non-hydrogen) atoms. The monoisotopic (exact) mass is 332 g/mol. The highest BCUT2D eigenvalue weighted by Gasteiger charge is 2.30. The Morgan fingerprint density at radius 1 is 1.57 bits per heavy atom. The van der Waals surface area contributed by atoms with Crippen LogP contribution < -0.4 is 5.32 Å². The number of nitrogens with zero attached hydrogens (tertiary/aromatic N) is 3. The molecule has 1 saturated heterocycles. The minimum Gasteiger partial charge on any atom is -0.334 e. The molecule has 0 aromatic carbocycles. The van der Waals surface area contributed by atoms with Crippen LogP contribution in [0.25, 0.3) is 0 Å². The second-order valence-corrected chi connectivity index (χ2v) is 7.26. The summed E-state index contributed by atoms with van der Waals surface area (Å²) in [5.41, 5.74) is 1.16. The second-order valence-electron chi connectivity index (χ2n) is 6.28. The highest BCUT2D eigenvalue weighted by atomic mass is 32.1. The average Bonchev–Trinajstić information content (AvgIpc) is 3.25. The third kappa shape index (κ3) is 4.00. The average molecular weight is 332 g/mol. The Balaban J connectivity index is 1.50. The molecule has 5 nitrogen and oxygen atoms in total.